The Morgan fingerprint density at radius 3 is 2.50 bits per heavy atom. The molecule has 2 aromatic rings. The molecule has 1 heterocycles. The summed E-state index contributed by atoms with van der Waals surface area (Å²) in [5.74, 6) is 0.846. The van der Waals surface area contributed by atoms with Crippen LogP contribution in [0.3, 0.4) is 0 Å². The van der Waals surface area contributed by atoms with Gasteiger partial charge in [0.15, 0.2) is 0 Å². The van der Waals surface area contributed by atoms with Gasteiger partial charge in [0, 0.05) is 11.9 Å². The Kier molecular flexibility index (Phi) is 3.88. The molecule has 0 unspecified atom stereocenters. The van der Waals surface area contributed by atoms with Crippen molar-refractivity contribution in [2.75, 3.05) is 10.6 Å². The molecular formula is C11H12ClN3O2S. The lowest BCUT2D eigenvalue weighted by atomic mass is 10.2. The van der Waals surface area contributed by atoms with Crippen LogP contribution in [0.1, 0.15) is 5.56 Å². The second-order valence-electron chi connectivity index (χ2n) is 3.66. The van der Waals surface area contributed by atoms with Crippen LogP contribution in [0.15, 0.2) is 41.4 Å². The number of aromatic nitrogens is 2. The van der Waals surface area contributed by atoms with Crippen LogP contribution in [0.2, 0.25) is 0 Å². The summed E-state index contributed by atoms with van der Waals surface area (Å²) < 4.78 is 26.4. The summed E-state index contributed by atoms with van der Waals surface area (Å²) in [6.07, 6.45) is 2.19. The van der Waals surface area contributed by atoms with Crippen LogP contribution in [0.5, 0.6) is 0 Å². The molecule has 0 fully saturated rings. The number of alkyl halides is 1. The molecule has 2 N–H and O–H groups in total. The number of nitrogens with zero attached hydrogens (tertiary/aromatic N) is 1. The Morgan fingerprint density at radius 2 is 1.94 bits per heavy atom. The number of rotatable bonds is 5. The summed E-state index contributed by atoms with van der Waals surface area (Å²) in [5, 5.41) is 6.21. The zero-order valence-electron chi connectivity index (χ0n) is 9.43. The number of sulfonamides is 1. The molecule has 0 amide bonds. The summed E-state index contributed by atoms with van der Waals surface area (Å²) in [7, 11) is -3.57. The molecule has 18 heavy (non-hydrogen) atoms. The van der Waals surface area contributed by atoms with E-state index in [4.69, 9.17) is 11.6 Å². The number of H-pyrrole nitrogens is 1. The first kappa shape index (κ1) is 12.9. The van der Waals surface area contributed by atoms with Gasteiger partial charge >= 0.3 is 0 Å². The van der Waals surface area contributed by atoms with Gasteiger partial charge in [0.2, 0.25) is 0 Å². The highest BCUT2D eigenvalue weighted by Crippen LogP contribution is 2.15. The molecule has 0 aliphatic carbocycles. The maximum Gasteiger partial charge on any atom is 0.263 e. The highest BCUT2D eigenvalue weighted by atomic mass is 35.5. The molecule has 0 saturated heterocycles. The molecule has 5 nitrogen and oxygen atoms in total. The van der Waals surface area contributed by atoms with Crippen molar-refractivity contribution in [1.29, 1.82) is 0 Å². The molecule has 7 heteroatoms. The standard InChI is InChI=1S/C11H12ClN3O2S/c12-7-5-9-1-3-10(4-2-9)18(16,17)15-11-6-8-13-14-11/h1-4,6,8H,5,7H2,(H2,13,14,15). The first-order valence-electron chi connectivity index (χ1n) is 5.29. The molecule has 1 aromatic carbocycles. The third kappa shape index (κ3) is 3.02. The number of aryl methyl sites for hydroxylation is 1. The second kappa shape index (κ2) is 5.41. The van der Waals surface area contributed by atoms with E-state index in [1.807, 2.05) is 0 Å². The molecule has 2 rings (SSSR count). The van der Waals surface area contributed by atoms with Crippen LogP contribution in [-0.4, -0.2) is 24.5 Å². The van der Waals surface area contributed by atoms with E-state index in [1.54, 1.807) is 30.3 Å². The SMILES string of the molecule is O=S(=O)(Nc1ccn[nH]1)c1ccc(CCCl)cc1. The van der Waals surface area contributed by atoms with Crippen LogP contribution in [-0.2, 0) is 16.4 Å². The van der Waals surface area contributed by atoms with Crippen LogP contribution >= 0.6 is 11.6 Å². The Hall–Kier alpha value is -1.53. The zero-order valence-corrected chi connectivity index (χ0v) is 11.0. The predicted molar refractivity (Wildman–Crippen MR) is 70.3 cm³/mol. The zero-order chi connectivity index (χ0) is 13.0. The van der Waals surface area contributed by atoms with Gasteiger partial charge in [0.25, 0.3) is 10.0 Å². The number of hydrogen-bond donors (Lipinski definition) is 2. The van der Waals surface area contributed by atoms with Gasteiger partial charge in [-0.2, -0.15) is 5.10 Å². The molecule has 0 bridgehead atoms. The highest BCUT2D eigenvalue weighted by Gasteiger charge is 2.14. The number of anilines is 1. The lowest BCUT2D eigenvalue weighted by molar-refractivity contribution is 0.601. The van der Waals surface area contributed by atoms with Gasteiger partial charge in [0.1, 0.15) is 5.82 Å². The number of nitrogens with one attached hydrogen (secondary N) is 2. The Labute approximate surface area is 110 Å². The summed E-state index contributed by atoms with van der Waals surface area (Å²) in [6, 6.07) is 8.16. The van der Waals surface area contributed by atoms with E-state index in [0.29, 0.717) is 11.7 Å². The lowest BCUT2D eigenvalue weighted by Crippen LogP contribution is -2.13. The average Bonchev–Trinajstić information content (AvgIpc) is 2.82. The quantitative estimate of drug-likeness (QED) is 0.825. The summed E-state index contributed by atoms with van der Waals surface area (Å²) in [4.78, 5) is 0.204. The molecule has 0 atom stereocenters. The van der Waals surface area contributed by atoms with Crippen LogP contribution < -0.4 is 4.72 Å². The van der Waals surface area contributed by atoms with E-state index in [9.17, 15) is 8.42 Å². The molecular weight excluding hydrogens is 274 g/mol. The maximum absolute atomic E-state index is 12.0. The number of hydrogen-bond acceptors (Lipinski definition) is 3. The van der Waals surface area contributed by atoms with E-state index in [2.05, 4.69) is 14.9 Å². The van der Waals surface area contributed by atoms with Gasteiger partial charge in [-0.25, -0.2) is 8.42 Å². The van der Waals surface area contributed by atoms with Gasteiger partial charge in [-0.05, 0) is 24.1 Å². The molecule has 0 spiro atoms. The van der Waals surface area contributed by atoms with E-state index < -0.39 is 10.0 Å². The number of halogens is 1. The Morgan fingerprint density at radius 1 is 1.22 bits per heavy atom. The first-order chi connectivity index (χ1) is 8.62. The lowest BCUT2D eigenvalue weighted by Gasteiger charge is -2.06. The third-order valence-corrected chi connectivity index (χ3v) is 3.93. The van der Waals surface area contributed by atoms with Gasteiger partial charge in [-0.1, -0.05) is 12.1 Å². The fourth-order valence-electron chi connectivity index (χ4n) is 1.46. The average molecular weight is 286 g/mol. The van der Waals surface area contributed by atoms with Gasteiger partial charge < -0.3 is 0 Å². The fourth-order valence-corrected chi connectivity index (χ4v) is 2.69. The molecule has 96 valence electrons. The van der Waals surface area contributed by atoms with E-state index in [0.717, 1.165) is 12.0 Å². The van der Waals surface area contributed by atoms with Crippen LogP contribution in [0.25, 0.3) is 0 Å². The second-order valence-corrected chi connectivity index (χ2v) is 5.72. The molecule has 0 aliphatic rings. The third-order valence-electron chi connectivity index (χ3n) is 2.36. The minimum atomic E-state index is -3.57. The number of aromatic amines is 1. The van der Waals surface area contributed by atoms with Crippen molar-refractivity contribution in [1.82, 2.24) is 10.2 Å². The molecule has 0 saturated carbocycles. The van der Waals surface area contributed by atoms with E-state index >= 15 is 0 Å². The maximum atomic E-state index is 12.0. The van der Waals surface area contributed by atoms with Gasteiger partial charge in [-0.3, -0.25) is 9.82 Å². The minimum Gasteiger partial charge on any atom is -0.264 e. The van der Waals surface area contributed by atoms with Crippen molar-refractivity contribution in [3.05, 3.63) is 42.1 Å². The van der Waals surface area contributed by atoms with Gasteiger partial charge in [-0.15, -0.1) is 11.6 Å². The molecule has 0 radical (unpaired) electrons. The van der Waals surface area contributed by atoms with Crippen molar-refractivity contribution in [2.45, 2.75) is 11.3 Å². The minimum absolute atomic E-state index is 0.204. The van der Waals surface area contributed by atoms with Crippen molar-refractivity contribution in [3.8, 4) is 0 Å². The van der Waals surface area contributed by atoms with Crippen molar-refractivity contribution >= 4 is 27.4 Å². The van der Waals surface area contributed by atoms with E-state index in [1.165, 1.54) is 6.20 Å². The summed E-state index contributed by atoms with van der Waals surface area (Å²) in [6.45, 7) is 0. The van der Waals surface area contributed by atoms with Crippen molar-refractivity contribution in [2.24, 2.45) is 0 Å². The van der Waals surface area contributed by atoms with Crippen LogP contribution in [0, 0.1) is 0 Å². The predicted octanol–water partition coefficient (Wildman–Crippen LogP) is 1.99. The molecule has 0 aliphatic heterocycles. The van der Waals surface area contributed by atoms with E-state index in [-0.39, 0.29) is 4.90 Å². The topological polar surface area (TPSA) is 74.8 Å². The fraction of sp³-hybridized carbons (Fsp3) is 0.182. The normalized spacial score (nSPS) is 11.4. The monoisotopic (exact) mass is 285 g/mol. The van der Waals surface area contributed by atoms with Crippen LogP contribution in [0.4, 0.5) is 5.82 Å². The summed E-state index contributed by atoms with van der Waals surface area (Å²) >= 11 is 5.62. The Balaban J connectivity index is 2.19. The van der Waals surface area contributed by atoms with Crippen molar-refractivity contribution in [3.63, 3.8) is 0 Å². The van der Waals surface area contributed by atoms with Gasteiger partial charge in [0.05, 0.1) is 11.1 Å². The van der Waals surface area contributed by atoms with Crippen molar-refractivity contribution < 1.29 is 8.42 Å². The number of benzene rings is 1. The Bertz CT molecular complexity index is 594. The highest BCUT2D eigenvalue weighted by molar-refractivity contribution is 7.92. The first-order valence-corrected chi connectivity index (χ1v) is 7.31. The largest absolute Gasteiger partial charge is 0.264 e. The smallest absolute Gasteiger partial charge is 0.263 e. The molecule has 1 aromatic heterocycles. The summed E-state index contributed by atoms with van der Waals surface area (Å²) in [5.41, 5.74) is 1.01.